The number of Topliss-reactive ketones (excluding diaryl/α,β-unsaturated/α-hetero) is 1. The molecule has 2 aliphatic rings. The number of aromatic amines is 1. The number of rotatable bonds is 6. The minimum Gasteiger partial charge on any atom is -0.361 e. The van der Waals surface area contributed by atoms with Gasteiger partial charge in [0.15, 0.2) is 5.78 Å². The van der Waals surface area contributed by atoms with Crippen molar-refractivity contribution in [3.8, 4) is 0 Å². The van der Waals surface area contributed by atoms with Crippen molar-refractivity contribution >= 4 is 22.6 Å². The van der Waals surface area contributed by atoms with Gasteiger partial charge in [-0.25, -0.2) is 0 Å². The minimum absolute atomic E-state index is 0.112. The van der Waals surface area contributed by atoms with Crippen LogP contribution in [0.25, 0.3) is 10.9 Å². The smallest absolute Gasteiger partial charge is 0.240 e. The third-order valence-electron chi connectivity index (χ3n) is 7.82. The number of hydrogen-bond donors (Lipinski definition) is 4. The fourth-order valence-corrected chi connectivity index (χ4v) is 5.98. The highest BCUT2D eigenvalue weighted by Crippen LogP contribution is 2.49. The van der Waals surface area contributed by atoms with Crippen molar-refractivity contribution in [3.63, 3.8) is 0 Å². The maximum atomic E-state index is 14.3. The van der Waals surface area contributed by atoms with E-state index in [1.165, 1.54) is 11.1 Å². The average molecular weight is 459 g/mol. The van der Waals surface area contributed by atoms with E-state index >= 15 is 0 Å². The Morgan fingerprint density at radius 1 is 1.12 bits per heavy atom. The van der Waals surface area contributed by atoms with Crippen LogP contribution in [0.5, 0.6) is 0 Å². The fraction of sp³-hybridized carbons (Fsp3) is 0.429. The van der Waals surface area contributed by atoms with Crippen LogP contribution in [0.15, 0.2) is 54.7 Å². The van der Waals surface area contributed by atoms with Gasteiger partial charge in [-0.2, -0.15) is 0 Å². The largest absolute Gasteiger partial charge is 0.361 e. The number of amides is 1. The summed E-state index contributed by atoms with van der Waals surface area (Å²) in [7, 11) is 0. The summed E-state index contributed by atoms with van der Waals surface area (Å²) in [5.41, 5.74) is 9.49. The second kappa shape index (κ2) is 8.67. The van der Waals surface area contributed by atoms with Gasteiger partial charge in [0.05, 0.1) is 11.6 Å². The average Bonchev–Trinajstić information content (AvgIpc) is 3.38. The Bertz CT molecular complexity index is 1220. The summed E-state index contributed by atoms with van der Waals surface area (Å²) in [5, 5.41) is 7.58. The Morgan fingerprint density at radius 3 is 2.59 bits per heavy atom. The lowest BCUT2D eigenvalue weighted by Gasteiger charge is -2.41. The van der Waals surface area contributed by atoms with Gasteiger partial charge in [-0.15, -0.1) is 0 Å². The molecule has 6 nitrogen and oxygen atoms in total. The molecule has 1 spiro atoms. The van der Waals surface area contributed by atoms with Crippen LogP contribution in [0.1, 0.15) is 43.4 Å². The van der Waals surface area contributed by atoms with Crippen molar-refractivity contribution in [1.29, 1.82) is 0 Å². The summed E-state index contributed by atoms with van der Waals surface area (Å²) in [6, 6.07) is 15.9. The molecule has 2 aromatic carbocycles. The fourth-order valence-electron chi connectivity index (χ4n) is 5.98. The van der Waals surface area contributed by atoms with Crippen molar-refractivity contribution in [3.05, 3.63) is 71.4 Å². The molecule has 2 atom stereocenters. The van der Waals surface area contributed by atoms with Crippen LogP contribution in [0, 0.1) is 5.92 Å². The second-order valence-electron chi connectivity index (χ2n) is 10.5. The third kappa shape index (κ3) is 3.95. The number of carbonyl (C=O) groups is 2. The number of hydrogen-bond acceptors (Lipinski definition) is 4. The zero-order chi connectivity index (χ0) is 23.9. The Balaban J connectivity index is 1.51. The van der Waals surface area contributed by atoms with E-state index in [0.717, 1.165) is 48.8 Å². The second-order valence-corrected chi connectivity index (χ2v) is 10.5. The van der Waals surface area contributed by atoms with Crippen LogP contribution in [0.2, 0.25) is 0 Å². The number of para-hydroxylation sites is 1. The normalized spacial score (nSPS) is 20.3. The monoisotopic (exact) mass is 458 g/mol. The molecule has 178 valence electrons. The number of nitrogens with one attached hydrogen (secondary N) is 3. The Kier molecular flexibility index (Phi) is 5.82. The van der Waals surface area contributed by atoms with E-state index in [1.54, 1.807) is 13.8 Å². The first-order valence-electron chi connectivity index (χ1n) is 12.3. The van der Waals surface area contributed by atoms with Crippen molar-refractivity contribution in [2.45, 2.75) is 56.5 Å². The predicted molar refractivity (Wildman–Crippen MR) is 135 cm³/mol. The maximum Gasteiger partial charge on any atom is 0.240 e. The van der Waals surface area contributed by atoms with E-state index in [0.29, 0.717) is 6.42 Å². The molecule has 34 heavy (non-hydrogen) atoms. The molecule has 0 radical (unpaired) electrons. The van der Waals surface area contributed by atoms with Gasteiger partial charge in [0, 0.05) is 34.9 Å². The zero-order valence-corrected chi connectivity index (χ0v) is 20.0. The molecular formula is C28H34N4O2. The van der Waals surface area contributed by atoms with E-state index in [1.807, 2.05) is 24.4 Å². The molecule has 6 heteroatoms. The zero-order valence-electron chi connectivity index (χ0n) is 20.0. The number of aromatic nitrogens is 1. The van der Waals surface area contributed by atoms with Gasteiger partial charge in [0.25, 0.3) is 0 Å². The van der Waals surface area contributed by atoms with Crippen molar-refractivity contribution in [2.75, 3.05) is 13.1 Å². The molecule has 5 N–H and O–H groups in total. The van der Waals surface area contributed by atoms with Crippen molar-refractivity contribution in [1.82, 2.24) is 15.6 Å². The summed E-state index contributed by atoms with van der Waals surface area (Å²) >= 11 is 0. The first kappa shape index (κ1) is 22.8. The van der Waals surface area contributed by atoms with Crippen LogP contribution in [-0.2, 0) is 27.8 Å². The molecule has 0 bridgehead atoms. The van der Waals surface area contributed by atoms with Gasteiger partial charge >= 0.3 is 0 Å². The minimum atomic E-state index is -1.07. The predicted octanol–water partition coefficient (Wildman–Crippen LogP) is 3.00. The quantitative estimate of drug-likeness (QED) is 0.456. The molecule has 1 aliphatic heterocycles. The van der Waals surface area contributed by atoms with Crippen LogP contribution < -0.4 is 16.4 Å². The molecule has 1 fully saturated rings. The molecule has 5 rings (SSSR count). The first-order valence-corrected chi connectivity index (χ1v) is 12.3. The summed E-state index contributed by atoms with van der Waals surface area (Å²) in [6.45, 7) is 5.14. The first-order chi connectivity index (χ1) is 16.3. The number of ketones is 1. The van der Waals surface area contributed by atoms with Gasteiger partial charge in [0.1, 0.15) is 0 Å². The Morgan fingerprint density at radius 2 is 1.82 bits per heavy atom. The van der Waals surface area contributed by atoms with Gasteiger partial charge in [-0.05, 0) is 69.0 Å². The lowest BCUT2D eigenvalue weighted by atomic mass is 9.66. The Labute approximate surface area is 200 Å². The lowest BCUT2D eigenvalue weighted by Crippen LogP contribution is -2.57. The van der Waals surface area contributed by atoms with E-state index in [9.17, 15) is 9.59 Å². The van der Waals surface area contributed by atoms with Crippen LogP contribution in [-0.4, -0.2) is 41.3 Å². The van der Waals surface area contributed by atoms with Crippen LogP contribution in [0.3, 0.4) is 0 Å². The summed E-state index contributed by atoms with van der Waals surface area (Å²) in [6.07, 6.45) is 4.97. The number of nitrogens with two attached hydrogens (primary N) is 1. The van der Waals surface area contributed by atoms with E-state index in [4.69, 9.17) is 5.73 Å². The lowest BCUT2D eigenvalue weighted by molar-refractivity contribution is -0.133. The van der Waals surface area contributed by atoms with E-state index in [-0.39, 0.29) is 23.0 Å². The number of piperidine rings is 1. The van der Waals surface area contributed by atoms with Crippen LogP contribution in [0.4, 0.5) is 0 Å². The SMILES string of the molecule is CC(C)(N)C(=O)N[C@H](Cc1c[nH]c2ccccc12)C(=O)C1Cc2ccccc2C12CCNCC2. The number of fused-ring (bicyclic) bond motifs is 3. The van der Waals surface area contributed by atoms with E-state index < -0.39 is 11.6 Å². The Hall–Kier alpha value is -2.96. The molecule has 1 amide bonds. The van der Waals surface area contributed by atoms with Crippen molar-refractivity contribution < 1.29 is 9.59 Å². The number of carbonyl (C=O) groups excluding carboxylic acids is 2. The van der Waals surface area contributed by atoms with E-state index in [2.05, 4.69) is 45.9 Å². The number of benzene rings is 2. The third-order valence-corrected chi connectivity index (χ3v) is 7.82. The maximum absolute atomic E-state index is 14.3. The van der Waals surface area contributed by atoms with Crippen LogP contribution >= 0.6 is 0 Å². The topological polar surface area (TPSA) is 100 Å². The molecular weight excluding hydrogens is 424 g/mol. The summed E-state index contributed by atoms with van der Waals surface area (Å²) in [5.74, 6) is -0.357. The summed E-state index contributed by atoms with van der Waals surface area (Å²) < 4.78 is 0. The standard InChI is InChI=1S/C28H34N4O2/c1-27(2,29)26(34)32-24(16-19-17-31-23-10-6-4-8-20(19)23)25(33)22-15-18-7-3-5-9-21(18)28(22)11-13-30-14-12-28/h3-10,17,22,24,30-31H,11-16,29H2,1-2H3,(H,32,34)/t22?,24-/m1/s1. The number of H-pyrrole nitrogens is 1. The molecule has 1 aromatic heterocycles. The van der Waals surface area contributed by atoms with Gasteiger partial charge in [-0.3, -0.25) is 9.59 Å². The van der Waals surface area contributed by atoms with Crippen molar-refractivity contribution in [2.24, 2.45) is 11.7 Å². The molecule has 3 aromatic rings. The highest BCUT2D eigenvalue weighted by atomic mass is 16.2. The van der Waals surface area contributed by atoms with Gasteiger partial charge in [0.2, 0.25) is 5.91 Å². The van der Waals surface area contributed by atoms with Gasteiger partial charge < -0.3 is 21.4 Å². The molecule has 0 saturated carbocycles. The highest BCUT2D eigenvalue weighted by molar-refractivity contribution is 5.95. The molecule has 2 heterocycles. The molecule has 1 unspecified atom stereocenters. The molecule has 1 aliphatic carbocycles. The highest BCUT2D eigenvalue weighted by Gasteiger charge is 2.51. The molecule has 1 saturated heterocycles. The summed E-state index contributed by atoms with van der Waals surface area (Å²) in [4.78, 5) is 30.6. The van der Waals surface area contributed by atoms with Gasteiger partial charge in [-0.1, -0.05) is 42.5 Å².